The lowest BCUT2D eigenvalue weighted by molar-refractivity contribution is -0.118. The fraction of sp³-hybridized carbons (Fsp3) is 0.615. The van der Waals surface area contributed by atoms with Crippen LogP contribution in [0.5, 0.6) is 0 Å². The summed E-state index contributed by atoms with van der Waals surface area (Å²) in [5.41, 5.74) is 6.47. The number of nitrogen functional groups attached to an aromatic ring is 1. The summed E-state index contributed by atoms with van der Waals surface area (Å²) < 4.78 is 1.52. The molecule has 0 aliphatic carbocycles. The van der Waals surface area contributed by atoms with Gasteiger partial charge in [-0.3, -0.25) is 4.57 Å². The molecule has 2 aromatic heterocycles. The largest absolute Gasteiger partial charge is 0.394 e. The minimum atomic E-state index is -1.71. The van der Waals surface area contributed by atoms with Crippen molar-refractivity contribution >= 4 is 28.7 Å². The maximum absolute atomic E-state index is 10.5. The van der Waals surface area contributed by atoms with E-state index in [0.29, 0.717) is 16.9 Å². The van der Waals surface area contributed by atoms with Gasteiger partial charge in [0.2, 0.25) is 0 Å². The number of imidazole rings is 1. The molecule has 0 fully saturated rings. The van der Waals surface area contributed by atoms with Crippen molar-refractivity contribution in [1.29, 1.82) is 0 Å². The Morgan fingerprint density at radius 3 is 2.46 bits per heavy atom. The van der Waals surface area contributed by atoms with Gasteiger partial charge in [-0.1, -0.05) is 6.92 Å². The van der Waals surface area contributed by atoms with Gasteiger partial charge in [-0.25, -0.2) is 15.0 Å². The van der Waals surface area contributed by atoms with Crippen LogP contribution in [0.2, 0.25) is 0 Å². The molecule has 2 rings (SSSR count). The topological polar surface area (TPSA) is 171 Å². The minimum Gasteiger partial charge on any atom is -0.394 e. The first-order chi connectivity index (χ1) is 11.4. The van der Waals surface area contributed by atoms with Crippen molar-refractivity contribution in [2.45, 2.75) is 36.7 Å². The summed E-state index contributed by atoms with van der Waals surface area (Å²) in [6.45, 7) is 1.12. The van der Waals surface area contributed by atoms with Crippen molar-refractivity contribution in [3.05, 3.63) is 12.7 Å². The Morgan fingerprint density at radius 1 is 1.12 bits per heavy atom. The van der Waals surface area contributed by atoms with Gasteiger partial charge in [0.15, 0.2) is 11.5 Å². The van der Waals surface area contributed by atoms with Gasteiger partial charge >= 0.3 is 0 Å². The quantitative estimate of drug-likeness (QED) is 0.312. The van der Waals surface area contributed by atoms with Crippen LogP contribution in [0.25, 0.3) is 11.2 Å². The summed E-state index contributed by atoms with van der Waals surface area (Å²) >= 11 is 1.28. The van der Waals surface area contributed by atoms with Crippen LogP contribution in [0, 0.1) is 0 Å². The van der Waals surface area contributed by atoms with E-state index in [2.05, 4.69) is 15.0 Å². The average molecular weight is 359 g/mol. The predicted molar refractivity (Wildman–Crippen MR) is 88.0 cm³/mol. The molecular weight excluding hydrogens is 338 g/mol. The Hall–Kier alpha value is -1.50. The summed E-state index contributed by atoms with van der Waals surface area (Å²) in [5.74, 6) is 0.776. The number of rotatable bonds is 8. The van der Waals surface area contributed by atoms with Gasteiger partial charge in [-0.15, -0.1) is 11.8 Å². The van der Waals surface area contributed by atoms with Crippen LogP contribution < -0.4 is 5.73 Å². The number of thioether (sulfide) groups is 1. The van der Waals surface area contributed by atoms with Gasteiger partial charge in [0.1, 0.15) is 41.6 Å². The van der Waals surface area contributed by atoms with Crippen molar-refractivity contribution in [3.8, 4) is 0 Å². The van der Waals surface area contributed by atoms with Gasteiger partial charge in [0.25, 0.3) is 0 Å². The molecule has 11 heteroatoms. The second-order valence-corrected chi connectivity index (χ2v) is 6.54. The molecule has 7 N–H and O–H groups in total. The molecule has 2 aromatic rings. The molecule has 0 bridgehead atoms. The molecule has 0 saturated carbocycles. The third-order valence-corrected chi connectivity index (χ3v) is 4.75. The van der Waals surface area contributed by atoms with E-state index in [0.717, 1.165) is 0 Å². The van der Waals surface area contributed by atoms with E-state index in [1.54, 1.807) is 0 Å². The van der Waals surface area contributed by atoms with E-state index in [1.807, 2.05) is 6.92 Å². The first-order valence-electron chi connectivity index (χ1n) is 7.30. The molecule has 0 radical (unpaired) electrons. The Kier molecular flexibility index (Phi) is 6.32. The molecule has 0 saturated heterocycles. The van der Waals surface area contributed by atoms with Gasteiger partial charge in [0, 0.05) is 0 Å². The second kappa shape index (κ2) is 8.05. The normalized spacial score (nSPS) is 18.2. The minimum absolute atomic E-state index is 0.185. The summed E-state index contributed by atoms with van der Waals surface area (Å²) in [6.07, 6.45) is -3.75. The lowest BCUT2D eigenvalue weighted by atomic mass is 10.0. The number of anilines is 1. The molecule has 5 unspecified atom stereocenters. The number of hydrogen-bond donors (Lipinski definition) is 6. The molecule has 0 spiro atoms. The second-order valence-electron chi connectivity index (χ2n) is 5.15. The number of aromatic nitrogens is 4. The van der Waals surface area contributed by atoms with Crippen molar-refractivity contribution in [2.75, 3.05) is 18.1 Å². The van der Waals surface area contributed by atoms with Crippen LogP contribution in [0.15, 0.2) is 12.7 Å². The lowest BCUT2D eigenvalue weighted by Crippen LogP contribution is -2.48. The molecule has 0 aromatic carbocycles. The van der Waals surface area contributed by atoms with Crippen LogP contribution in [0.1, 0.15) is 12.3 Å². The molecule has 0 amide bonds. The maximum atomic E-state index is 10.5. The monoisotopic (exact) mass is 359 g/mol. The number of nitrogens with zero attached hydrogens (tertiary/aromatic N) is 4. The fourth-order valence-electron chi connectivity index (χ4n) is 2.28. The van der Waals surface area contributed by atoms with Crippen molar-refractivity contribution in [1.82, 2.24) is 19.5 Å². The van der Waals surface area contributed by atoms with E-state index in [1.165, 1.54) is 29.0 Å². The highest BCUT2D eigenvalue weighted by atomic mass is 32.2. The average Bonchev–Trinajstić information content (AvgIpc) is 3.02. The van der Waals surface area contributed by atoms with Gasteiger partial charge in [-0.05, 0) is 5.75 Å². The third kappa shape index (κ3) is 3.61. The highest BCUT2D eigenvalue weighted by Gasteiger charge is 2.36. The molecule has 5 atom stereocenters. The fourth-order valence-corrected chi connectivity index (χ4v) is 3.29. The number of aliphatic hydroxyl groups is 5. The molecular formula is C13H21N5O5S. The SMILES string of the molecule is CCSC(C(O)C(O)C(O)C(O)CO)n1cnc2c(N)ncnc21. The Balaban J connectivity index is 2.35. The van der Waals surface area contributed by atoms with E-state index in [9.17, 15) is 20.4 Å². The smallest absolute Gasteiger partial charge is 0.166 e. The van der Waals surface area contributed by atoms with Crippen LogP contribution in [0.3, 0.4) is 0 Å². The van der Waals surface area contributed by atoms with E-state index in [-0.39, 0.29) is 5.82 Å². The highest BCUT2D eigenvalue weighted by molar-refractivity contribution is 7.99. The molecule has 2 heterocycles. The lowest BCUT2D eigenvalue weighted by Gasteiger charge is -2.31. The van der Waals surface area contributed by atoms with Crippen LogP contribution in [0.4, 0.5) is 5.82 Å². The van der Waals surface area contributed by atoms with Crippen molar-refractivity contribution in [3.63, 3.8) is 0 Å². The predicted octanol–water partition coefficient (Wildman–Crippen LogP) is -1.90. The van der Waals surface area contributed by atoms with Gasteiger partial charge in [-0.2, -0.15) is 0 Å². The first-order valence-corrected chi connectivity index (χ1v) is 8.34. The summed E-state index contributed by atoms with van der Waals surface area (Å²) in [7, 11) is 0. The zero-order valence-electron chi connectivity index (χ0n) is 13.0. The van der Waals surface area contributed by atoms with E-state index in [4.69, 9.17) is 10.8 Å². The molecule has 10 nitrogen and oxygen atoms in total. The summed E-state index contributed by atoms with van der Waals surface area (Å²) in [5, 5.41) is 48.0. The standard InChI is InChI=1S/C13H21N5O5S/c1-2-24-13(10(23)9(22)8(21)6(20)3-19)18-5-17-7-11(14)15-4-16-12(7)18/h4-6,8-10,13,19-23H,2-3H2,1H3,(H2,14,15,16). The zero-order valence-corrected chi connectivity index (χ0v) is 13.8. The van der Waals surface area contributed by atoms with E-state index >= 15 is 0 Å². The van der Waals surface area contributed by atoms with Gasteiger partial charge in [0.05, 0.1) is 12.9 Å². The van der Waals surface area contributed by atoms with Crippen molar-refractivity contribution in [2.24, 2.45) is 0 Å². The Labute approximate surface area is 142 Å². The number of fused-ring (bicyclic) bond motifs is 1. The van der Waals surface area contributed by atoms with E-state index < -0.39 is 36.4 Å². The van der Waals surface area contributed by atoms with Gasteiger partial charge < -0.3 is 31.3 Å². The summed E-state index contributed by atoms with van der Waals surface area (Å²) in [6, 6.07) is 0. The molecule has 134 valence electrons. The first kappa shape index (κ1) is 18.8. The molecule has 0 aliphatic rings. The zero-order chi connectivity index (χ0) is 17.9. The molecule has 0 aliphatic heterocycles. The Bertz CT molecular complexity index is 671. The molecule has 24 heavy (non-hydrogen) atoms. The number of nitrogens with two attached hydrogens (primary N) is 1. The van der Waals surface area contributed by atoms with Crippen molar-refractivity contribution < 1.29 is 25.5 Å². The van der Waals surface area contributed by atoms with Crippen LogP contribution in [-0.4, -0.2) is 81.8 Å². The highest BCUT2D eigenvalue weighted by Crippen LogP contribution is 2.32. The maximum Gasteiger partial charge on any atom is 0.166 e. The Morgan fingerprint density at radius 2 is 1.83 bits per heavy atom. The third-order valence-electron chi connectivity index (χ3n) is 3.57. The number of hydrogen-bond acceptors (Lipinski definition) is 10. The van der Waals surface area contributed by atoms with Crippen LogP contribution in [-0.2, 0) is 0 Å². The summed E-state index contributed by atoms with van der Waals surface area (Å²) in [4.78, 5) is 12.0. The number of aliphatic hydroxyl groups excluding tert-OH is 5. The van der Waals surface area contributed by atoms with Crippen LogP contribution >= 0.6 is 11.8 Å².